The maximum atomic E-state index is 6.31. The van der Waals surface area contributed by atoms with Crippen LogP contribution >= 0.6 is 0 Å². The van der Waals surface area contributed by atoms with Crippen LogP contribution in [0.3, 0.4) is 0 Å². The average molecular weight is 295 g/mol. The van der Waals surface area contributed by atoms with Gasteiger partial charge in [0.1, 0.15) is 0 Å². The van der Waals surface area contributed by atoms with Gasteiger partial charge in [0.25, 0.3) is 0 Å². The summed E-state index contributed by atoms with van der Waals surface area (Å²) in [7, 11) is 0. The molecule has 0 radical (unpaired) electrons. The number of hydrogen-bond donors (Lipinski definition) is 1. The molecule has 1 saturated carbocycles. The Morgan fingerprint density at radius 3 is 2.00 bits per heavy atom. The van der Waals surface area contributed by atoms with Crippen molar-refractivity contribution in [3.8, 4) is 0 Å². The zero-order chi connectivity index (χ0) is 15.5. The highest BCUT2D eigenvalue weighted by Crippen LogP contribution is 2.39. The summed E-state index contributed by atoms with van der Waals surface area (Å²) in [5, 5.41) is 0. The van der Waals surface area contributed by atoms with Crippen LogP contribution in [0.15, 0.2) is 0 Å². The van der Waals surface area contributed by atoms with Crippen LogP contribution in [0.5, 0.6) is 0 Å². The lowest BCUT2D eigenvalue weighted by molar-refractivity contribution is 0.0337. The van der Waals surface area contributed by atoms with Gasteiger partial charge < -0.3 is 5.73 Å². The molecule has 2 rings (SSSR count). The molecule has 1 heterocycles. The quantitative estimate of drug-likeness (QED) is 0.784. The molecule has 1 aliphatic carbocycles. The summed E-state index contributed by atoms with van der Waals surface area (Å²) in [6, 6.07) is 0. The van der Waals surface area contributed by atoms with Gasteiger partial charge in [-0.3, -0.25) is 4.90 Å². The molecule has 2 atom stereocenters. The van der Waals surface area contributed by atoms with Crippen LogP contribution in [0, 0.1) is 23.7 Å². The molecule has 2 fully saturated rings. The first-order chi connectivity index (χ1) is 9.98. The van der Waals surface area contributed by atoms with E-state index in [1.54, 1.807) is 0 Å². The number of hydrogen-bond acceptors (Lipinski definition) is 2. The number of nitrogens with two attached hydrogens (primary N) is 1. The molecule has 1 saturated heterocycles. The molecule has 0 aromatic heterocycles. The van der Waals surface area contributed by atoms with Crippen molar-refractivity contribution in [3.05, 3.63) is 0 Å². The van der Waals surface area contributed by atoms with Gasteiger partial charge in [0, 0.05) is 12.1 Å². The van der Waals surface area contributed by atoms with E-state index in [1.807, 2.05) is 0 Å². The summed E-state index contributed by atoms with van der Waals surface area (Å²) in [6.45, 7) is 13.0. The van der Waals surface area contributed by atoms with Crippen molar-refractivity contribution in [2.75, 3.05) is 19.6 Å². The Balaban J connectivity index is 1.98. The zero-order valence-corrected chi connectivity index (χ0v) is 14.9. The number of likely N-dealkylation sites (tertiary alicyclic amines) is 1. The van der Waals surface area contributed by atoms with E-state index in [2.05, 4.69) is 32.6 Å². The van der Waals surface area contributed by atoms with Crippen molar-refractivity contribution in [2.45, 2.75) is 78.2 Å². The lowest BCUT2D eigenvalue weighted by Crippen LogP contribution is -2.56. The van der Waals surface area contributed by atoms with Crippen LogP contribution in [0.4, 0.5) is 0 Å². The number of piperidine rings is 1. The van der Waals surface area contributed by atoms with Crippen LogP contribution in [-0.2, 0) is 0 Å². The molecule has 21 heavy (non-hydrogen) atoms. The Morgan fingerprint density at radius 1 is 0.905 bits per heavy atom. The lowest BCUT2D eigenvalue weighted by Gasteiger charge is -2.47. The van der Waals surface area contributed by atoms with Crippen molar-refractivity contribution in [2.24, 2.45) is 29.4 Å². The molecule has 0 bridgehead atoms. The Labute approximate surface area is 132 Å². The maximum Gasteiger partial charge on any atom is 0.0331 e. The molecule has 0 spiro atoms. The minimum Gasteiger partial charge on any atom is -0.329 e. The highest BCUT2D eigenvalue weighted by molar-refractivity contribution is 4.96. The van der Waals surface area contributed by atoms with Crippen LogP contribution in [0.25, 0.3) is 0 Å². The van der Waals surface area contributed by atoms with E-state index in [1.165, 1.54) is 58.0 Å². The van der Waals surface area contributed by atoms with Crippen molar-refractivity contribution in [3.63, 3.8) is 0 Å². The first-order valence-electron chi connectivity index (χ1n) is 9.43. The highest BCUT2D eigenvalue weighted by Gasteiger charge is 2.39. The second-order valence-corrected chi connectivity index (χ2v) is 8.43. The number of rotatable bonds is 4. The van der Waals surface area contributed by atoms with E-state index in [-0.39, 0.29) is 0 Å². The van der Waals surface area contributed by atoms with Crippen LogP contribution < -0.4 is 5.73 Å². The molecule has 0 amide bonds. The van der Waals surface area contributed by atoms with Crippen LogP contribution in [0.2, 0.25) is 0 Å². The van der Waals surface area contributed by atoms with Gasteiger partial charge in [0.2, 0.25) is 0 Å². The van der Waals surface area contributed by atoms with E-state index in [4.69, 9.17) is 5.73 Å². The molecule has 1 aliphatic heterocycles. The summed E-state index contributed by atoms with van der Waals surface area (Å²) in [5.74, 6) is 3.54. The second-order valence-electron chi connectivity index (χ2n) is 8.43. The van der Waals surface area contributed by atoms with E-state index in [0.29, 0.717) is 5.54 Å². The van der Waals surface area contributed by atoms with E-state index >= 15 is 0 Å². The summed E-state index contributed by atoms with van der Waals surface area (Å²) in [5.41, 5.74) is 6.64. The Hall–Kier alpha value is -0.0800. The summed E-state index contributed by atoms with van der Waals surface area (Å²) in [6.07, 6.45) is 9.61. The lowest BCUT2D eigenvalue weighted by atomic mass is 9.81. The average Bonchev–Trinajstić information content (AvgIpc) is 2.71. The Kier molecular flexibility index (Phi) is 6.14. The van der Waals surface area contributed by atoms with Gasteiger partial charge in [-0.1, -0.05) is 40.5 Å². The van der Waals surface area contributed by atoms with Gasteiger partial charge in [0.15, 0.2) is 0 Å². The van der Waals surface area contributed by atoms with Crippen LogP contribution in [0.1, 0.15) is 72.6 Å². The predicted molar refractivity (Wildman–Crippen MR) is 92.3 cm³/mol. The second kappa shape index (κ2) is 7.46. The molecule has 0 aromatic carbocycles. The SMILES string of the molecule is CC(C)C1CCN(C2(CN)CCCC(C(C)C)CC2)CC1. The van der Waals surface area contributed by atoms with Crippen molar-refractivity contribution >= 4 is 0 Å². The summed E-state index contributed by atoms with van der Waals surface area (Å²) >= 11 is 0. The molecule has 124 valence electrons. The molecule has 2 N–H and O–H groups in total. The van der Waals surface area contributed by atoms with Gasteiger partial charge in [-0.15, -0.1) is 0 Å². The summed E-state index contributed by atoms with van der Waals surface area (Å²) in [4.78, 5) is 2.79. The molecule has 0 aromatic rings. The normalized spacial score (nSPS) is 33.6. The van der Waals surface area contributed by atoms with Crippen molar-refractivity contribution in [1.82, 2.24) is 4.90 Å². The standard InChI is InChI=1S/C19H38N2/c1-15(2)17-6-5-10-19(14-20,11-7-17)21-12-8-18(9-13-21)16(3)4/h15-18H,5-14,20H2,1-4H3. The minimum atomic E-state index is 0.325. The first kappa shape index (κ1) is 17.3. The molecule has 2 heteroatoms. The van der Waals surface area contributed by atoms with Crippen molar-refractivity contribution in [1.29, 1.82) is 0 Å². The molecule has 2 unspecified atom stereocenters. The monoisotopic (exact) mass is 294 g/mol. The van der Waals surface area contributed by atoms with Gasteiger partial charge in [-0.2, -0.15) is 0 Å². The Bertz CT molecular complexity index is 305. The van der Waals surface area contributed by atoms with E-state index in [9.17, 15) is 0 Å². The van der Waals surface area contributed by atoms with Gasteiger partial charge in [-0.25, -0.2) is 0 Å². The largest absolute Gasteiger partial charge is 0.329 e. The first-order valence-corrected chi connectivity index (χ1v) is 9.43. The van der Waals surface area contributed by atoms with Gasteiger partial charge in [0.05, 0.1) is 0 Å². The maximum absolute atomic E-state index is 6.31. The summed E-state index contributed by atoms with van der Waals surface area (Å²) < 4.78 is 0. The predicted octanol–water partition coefficient (Wildman–Crippen LogP) is 4.29. The van der Waals surface area contributed by atoms with E-state index < -0.39 is 0 Å². The van der Waals surface area contributed by atoms with Crippen LogP contribution in [-0.4, -0.2) is 30.1 Å². The fraction of sp³-hybridized carbons (Fsp3) is 1.00. The molecule has 2 nitrogen and oxygen atoms in total. The third-order valence-electron chi connectivity index (χ3n) is 6.67. The topological polar surface area (TPSA) is 29.3 Å². The third-order valence-corrected chi connectivity index (χ3v) is 6.67. The molecule has 2 aliphatic rings. The van der Waals surface area contributed by atoms with E-state index in [0.717, 1.165) is 30.2 Å². The minimum absolute atomic E-state index is 0.325. The molecular formula is C19H38N2. The fourth-order valence-corrected chi connectivity index (χ4v) is 4.77. The highest BCUT2D eigenvalue weighted by atomic mass is 15.2. The van der Waals surface area contributed by atoms with Crippen molar-refractivity contribution < 1.29 is 0 Å². The Morgan fingerprint density at radius 2 is 1.48 bits per heavy atom. The smallest absolute Gasteiger partial charge is 0.0331 e. The van der Waals surface area contributed by atoms with Gasteiger partial charge >= 0.3 is 0 Å². The molecular weight excluding hydrogens is 256 g/mol. The zero-order valence-electron chi connectivity index (χ0n) is 14.9. The van der Waals surface area contributed by atoms with Gasteiger partial charge in [-0.05, 0) is 68.9 Å². The number of nitrogens with zero attached hydrogens (tertiary/aromatic N) is 1. The fourth-order valence-electron chi connectivity index (χ4n) is 4.77. The third kappa shape index (κ3) is 4.01.